The summed E-state index contributed by atoms with van der Waals surface area (Å²) >= 11 is 0. The topological polar surface area (TPSA) is 101 Å². The maximum absolute atomic E-state index is 12.0. The molecule has 2 aromatic heterocycles. The van der Waals surface area contributed by atoms with Crippen LogP contribution < -0.4 is 5.73 Å². The Morgan fingerprint density at radius 2 is 1.92 bits per heavy atom. The van der Waals surface area contributed by atoms with Gasteiger partial charge in [0.15, 0.2) is 20.7 Å². The predicted molar refractivity (Wildman–Crippen MR) is 91.8 cm³/mol. The number of hydrogen-bond acceptors (Lipinski definition) is 5. The summed E-state index contributed by atoms with van der Waals surface area (Å²) in [5.74, 6) is -0.0415. The lowest BCUT2D eigenvalue weighted by atomic mass is 9.99. The number of nitrogens with zero attached hydrogens (tertiary/aromatic N) is 3. The molecular weight excluding hydrogens is 324 g/mol. The molecule has 0 unspecified atom stereocenters. The molecule has 6 nitrogen and oxygen atoms in total. The van der Waals surface area contributed by atoms with Crippen LogP contribution in [0.2, 0.25) is 0 Å². The Bertz CT molecular complexity index is 1090. The smallest absolute Gasteiger partial charge is 0.195 e. The molecule has 120 valence electrons. The number of pyridine rings is 1. The summed E-state index contributed by atoms with van der Waals surface area (Å²) in [6, 6.07) is 14.9. The maximum Gasteiger partial charge on any atom is 0.195 e. The number of rotatable bonds is 3. The number of nitrogens with two attached hydrogens (primary N) is 1. The van der Waals surface area contributed by atoms with Crippen molar-refractivity contribution in [1.29, 1.82) is 5.26 Å². The summed E-state index contributed by atoms with van der Waals surface area (Å²) in [6.45, 7) is 0. The third kappa shape index (κ3) is 2.75. The Labute approximate surface area is 139 Å². The van der Waals surface area contributed by atoms with Crippen LogP contribution in [0.4, 0.5) is 5.82 Å². The van der Waals surface area contributed by atoms with Crippen molar-refractivity contribution >= 4 is 26.9 Å². The Morgan fingerprint density at radius 1 is 1.21 bits per heavy atom. The van der Waals surface area contributed by atoms with Crippen LogP contribution in [-0.2, 0) is 9.84 Å². The second-order valence-electron chi connectivity index (χ2n) is 5.27. The molecule has 0 aliphatic rings. The number of allylic oxidation sites excluding steroid dienone is 1. The normalized spacial score (nSPS) is 12.2. The molecule has 0 fully saturated rings. The largest absolute Gasteiger partial charge is 0.381 e. The molecule has 2 heterocycles. The second kappa shape index (κ2) is 5.83. The first kappa shape index (κ1) is 15.8. The molecular formula is C17H14N4O2S. The first-order valence-corrected chi connectivity index (χ1v) is 8.94. The zero-order valence-corrected chi connectivity index (χ0v) is 13.7. The molecule has 7 heteroatoms. The van der Waals surface area contributed by atoms with Crippen molar-refractivity contribution in [2.45, 2.75) is 5.03 Å². The molecule has 0 saturated heterocycles. The molecule has 3 rings (SSSR count). The van der Waals surface area contributed by atoms with Gasteiger partial charge in [-0.2, -0.15) is 5.26 Å². The van der Waals surface area contributed by atoms with Gasteiger partial charge in [-0.1, -0.05) is 30.3 Å². The van der Waals surface area contributed by atoms with E-state index in [1.807, 2.05) is 36.4 Å². The summed E-state index contributed by atoms with van der Waals surface area (Å²) in [5.41, 5.74) is 8.42. The third-order valence-corrected chi connectivity index (χ3v) is 4.66. The fraction of sp³-hybridized carbons (Fsp3) is 0.0588. The van der Waals surface area contributed by atoms with E-state index in [9.17, 15) is 8.42 Å². The van der Waals surface area contributed by atoms with Crippen LogP contribution in [0, 0.1) is 11.3 Å². The van der Waals surface area contributed by atoms with E-state index in [4.69, 9.17) is 11.0 Å². The van der Waals surface area contributed by atoms with Crippen LogP contribution in [0.3, 0.4) is 0 Å². The summed E-state index contributed by atoms with van der Waals surface area (Å²) in [7, 11) is -3.55. The van der Waals surface area contributed by atoms with Crippen molar-refractivity contribution in [3.63, 3.8) is 0 Å². The quantitative estimate of drug-likeness (QED) is 0.738. The van der Waals surface area contributed by atoms with Crippen LogP contribution in [0.15, 0.2) is 59.8 Å². The second-order valence-corrected chi connectivity index (χ2v) is 7.20. The highest BCUT2D eigenvalue weighted by molar-refractivity contribution is 7.90. The van der Waals surface area contributed by atoms with Gasteiger partial charge in [0, 0.05) is 24.1 Å². The molecule has 0 bridgehead atoms. The van der Waals surface area contributed by atoms with Gasteiger partial charge in [-0.15, -0.1) is 0 Å². The van der Waals surface area contributed by atoms with Crippen molar-refractivity contribution in [3.05, 3.63) is 65.9 Å². The highest BCUT2D eigenvalue weighted by atomic mass is 32.2. The van der Waals surface area contributed by atoms with Crippen LogP contribution in [-0.4, -0.2) is 24.1 Å². The lowest BCUT2D eigenvalue weighted by Gasteiger charge is -2.08. The number of benzene rings is 1. The lowest BCUT2D eigenvalue weighted by Crippen LogP contribution is -2.05. The monoisotopic (exact) mass is 338 g/mol. The third-order valence-electron chi connectivity index (χ3n) is 3.56. The van der Waals surface area contributed by atoms with Gasteiger partial charge in [-0.3, -0.25) is 4.40 Å². The van der Waals surface area contributed by atoms with Gasteiger partial charge in [0.25, 0.3) is 0 Å². The van der Waals surface area contributed by atoms with E-state index >= 15 is 0 Å². The van der Waals surface area contributed by atoms with E-state index in [0.29, 0.717) is 16.8 Å². The van der Waals surface area contributed by atoms with Crippen LogP contribution in [0.5, 0.6) is 0 Å². The van der Waals surface area contributed by atoms with E-state index < -0.39 is 9.84 Å². The summed E-state index contributed by atoms with van der Waals surface area (Å²) < 4.78 is 25.4. The van der Waals surface area contributed by atoms with E-state index in [2.05, 4.69) is 4.98 Å². The fourth-order valence-electron chi connectivity index (χ4n) is 2.58. The zero-order valence-electron chi connectivity index (χ0n) is 12.8. The van der Waals surface area contributed by atoms with Crippen molar-refractivity contribution in [3.8, 4) is 6.07 Å². The van der Waals surface area contributed by atoms with Crippen molar-refractivity contribution < 1.29 is 8.42 Å². The number of nitrogen functional groups attached to an aromatic ring is 1. The standard InChI is InChI=1S/C17H14N4O2S/c1-24(22,23)17-16(19)20-15-8-7-13(11-21(15)17)14(9-10-18)12-5-3-2-4-6-12/h2-9,11H,19H2,1H3. The van der Waals surface area contributed by atoms with Gasteiger partial charge in [-0.05, 0) is 23.3 Å². The van der Waals surface area contributed by atoms with Crippen LogP contribution in [0.1, 0.15) is 11.1 Å². The van der Waals surface area contributed by atoms with Gasteiger partial charge in [-0.25, -0.2) is 13.4 Å². The number of sulfone groups is 1. The highest BCUT2D eigenvalue weighted by Gasteiger charge is 2.20. The Morgan fingerprint density at radius 3 is 2.54 bits per heavy atom. The Balaban J connectivity index is 2.27. The number of aromatic nitrogens is 2. The summed E-state index contributed by atoms with van der Waals surface area (Å²) in [5, 5.41) is 9.05. The van der Waals surface area contributed by atoms with Gasteiger partial charge in [0.05, 0.1) is 6.07 Å². The van der Waals surface area contributed by atoms with E-state index in [-0.39, 0.29) is 10.8 Å². The van der Waals surface area contributed by atoms with Crippen molar-refractivity contribution in [2.24, 2.45) is 0 Å². The molecule has 0 aliphatic heterocycles. The summed E-state index contributed by atoms with van der Waals surface area (Å²) in [4.78, 5) is 4.08. The predicted octanol–water partition coefficient (Wildman–Crippen LogP) is 2.28. The highest BCUT2D eigenvalue weighted by Crippen LogP contribution is 2.26. The van der Waals surface area contributed by atoms with Gasteiger partial charge >= 0.3 is 0 Å². The first-order chi connectivity index (χ1) is 11.4. The molecule has 3 aromatic rings. The molecule has 0 aliphatic carbocycles. The minimum atomic E-state index is -3.55. The maximum atomic E-state index is 12.0. The number of fused-ring (bicyclic) bond motifs is 1. The molecule has 0 atom stereocenters. The molecule has 24 heavy (non-hydrogen) atoms. The Hall–Kier alpha value is -3.11. The van der Waals surface area contributed by atoms with Gasteiger partial charge in [0.2, 0.25) is 0 Å². The summed E-state index contributed by atoms with van der Waals surface area (Å²) in [6.07, 6.45) is 4.14. The minimum absolute atomic E-state index is 0.0415. The van der Waals surface area contributed by atoms with E-state index in [0.717, 1.165) is 11.8 Å². The number of imidazole rings is 1. The zero-order chi connectivity index (χ0) is 17.3. The lowest BCUT2D eigenvalue weighted by molar-refractivity contribution is 0.597. The van der Waals surface area contributed by atoms with Gasteiger partial charge < -0.3 is 5.73 Å². The molecule has 0 radical (unpaired) electrons. The van der Waals surface area contributed by atoms with E-state index in [1.165, 1.54) is 10.5 Å². The SMILES string of the molecule is CS(=O)(=O)c1c(N)nc2ccc(C(=CC#N)c3ccccc3)cn12. The molecule has 0 spiro atoms. The average molecular weight is 338 g/mol. The van der Waals surface area contributed by atoms with Crippen molar-refractivity contribution in [1.82, 2.24) is 9.38 Å². The molecule has 0 amide bonds. The Kier molecular flexibility index (Phi) is 3.83. The van der Waals surface area contributed by atoms with E-state index in [1.54, 1.807) is 18.3 Å². The first-order valence-electron chi connectivity index (χ1n) is 7.05. The van der Waals surface area contributed by atoms with Gasteiger partial charge in [0.1, 0.15) is 5.65 Å². The number of hydrogen-bond donors (Lipinski definition) is 1. The number of anilines is 1. The van der Waals surface area contributed by atoms with Crippen molar-refractivity contribution in [2.75, 3.05) is 12.0 Å². The molecule has 1 aromatic carbocycles. The van der Waals surface area contributed by atoms with Crippen LogP contribution in [0.25, 0.3) is 11.2 Å². The molecule has 2 N–H and O–H groups in total. The van der Waals surface area contributed by atoms with Crippen LogP contribution >= 0.6 is 0 Å². The minimum Gasteiger partial charge on any atom is -0.381 e. The molecule has 0 saturated carbocycles. The number of nitriles is 1. The fourth-order valence-corrected chi connectivity index (χ4v) is 3.51. The average Bonchev–Trinajstić information content (AvgIpc) is 2.88.